The van der Waals surface area contributed by atoms with E-state index in [2.05, 4.69) is 27.3 Å². The minimum atomic E-state index is -0.205. The molecule has 8 heteroatoms. The molecule has 0 saturated carbocycles. The van der Waals surface area contributed by atoms with Gasteiger partial charge in [-0.05, 0) is 55.0 Å². The second kappa shape index (κ2) is 11.2. The molecule has 5 rings (SSSR count). The number of hydrogen-bond donors (Lipinski definition) is 1. The SMILES string of the molecule is Cc1ccc2nc(COc3ccc(C(=O)NCCC(=O)N4CCN(c5ccccc5)CC4)cc3)cn2c1. The van der Waals surface area contributed by atoms with E-state index in [4.69, 9.17) is 4.74 Å². The van der Waals surface area contributed by atoms with Gasteiger partial charge in [0.05, 0.1) is 5.69 Å². The summed E-state index contributed by atoms with van der Waals surface area (Å²) in [6.45, 7) is 5.70. The minimum Gasteiger partial charge on any atom is -0.487 e. The molecule has 1 N–H and O–H groups in total. The zero-order chi connectivity index (χ0) is 25.6. The van der Waals surface area contributed by atoms with Crippen molar-refractivity contribution in [3.63, 3.8) is 0 Å². The lowest BCUT2D eigenvalue weighted by atomic mass is 10.2. The van der Waals surface area contributed by atoms with E-state index < -0.39 is 0 Å². The van der Waals surface area contributed by atoms with Crippen molar-refractivity contribution < 1.29 is 14.3 Å². The summed E-state index contributed by atoms with van der Waals surface area (Å²) in [5.74, 6) is 0.525. The topological polar surface area (TPSA) is 79.2 Å². The first-order valence-corrected chi connectivity index (χ1v) is 12.6. The summed E-state index contributed by atoms with van der Waals surface area (Å²) in [5.41, 5.74) is 4.59. The molecule has 0 aliphatic carbocycles. The molecule has 1 fully saturated rings. The van der Waals surface area contributed by atoms with Crippen LogP contribution in [0.25, 0.3) is 5.65 Å². The lowest BCUT2D eigenvalue weighted by Gasteiger charge is -2.36. The van der Waals surface area contributed by atoms with E-state index in [1.165, 1.54) is 5.69 Å². The summed E-state index contributed by atoms with van der Waals surface area (Å²) in [5, 5.41) is 2.85. The lowest BCUT2D eigenvalue weighted by molar-refractivity contribution is -0.131. The fourth-order valence-electron chi connectivity index (χ4n) is 4.48. The summed E-state index contributed by atoms with van der Waals surface area (Å²) in [4.78, 5) is 33.8. The molecule has 0 bridgehead atoms. The molecule has 0 atom stereocenters. The average molecular weight is 498 g/mol. The molecule has 8 nitrogen and oxygen atoms in total. The first-order chi connectivity index (χ1) is 18.0. The number of para-hydroxylation sites is 1. The van der Waals surface area contributed by atoms with E-state index in [1.54, 1.807) is 24.3 Å². The number of aryl methyl sites for hydroxylation is 1. The number of amides is 2. The van der Waals surface area contributed by atoms with Gasteiger partial charge in [-0.3, -0.25) is 9.59 Å². The highest BCUT2D eigenvalue weighted by Gasteiger charge is 2.21. The third kappa shape index (κ3) is 6.09. The van der Waals surface area contributed by atoms with Gasteiger partial charge >= 0.3 is 0 Å². The van der Waals surface area contributed by atoms with Crippen LogP contribution in [0.5, 0.6) is 5.75 Å². The van der Waals surface area contributed by atoms with Gasteiger partial charge in [0.1, 0.15) is 18.0 Å². The number of nitrogens with zero attached hydrogens (tertiary/aromatic N) is 4. The molecular formula is C29H31N5O3. The van der Waals surface area contributed by atoms with Gasteiger partial charge in [0, 0.05) is 62.8 Å². The van der Waals surface area contributed by atoms with Crippen molar-refractivity contribution in [1.82, 2.24) is 19.6 Å². The Morgan fingerprint density at radius 3 is 2.43 bits per heavy atom. The van der Waals surface area contributed by atoms with Crippen LogP contribution in [-0.2, 0) is 11.4 Å². The van der Waals surface area contributed by atoms with Crippen molar-refractivity contribution >= 4 is 23.1 Å². The molecule has 0 spiro atoms. The number of anilines is 1. The number of nitrogens with one attached hydrogen (secondary N) is 1. The van der Waals surface area contributed by atoms with Crippen molar-refractivity contribution in [2.45, 2.75) is 20.0 Å². The fraction of sp³-hybridized carbons (Fsp3) is 0.276. The average Bonchev–Trinajstić information content (AvgIpc) is 3.34. The number of fused-ring (bicyclic) bond motifs is 1. The molecule has 0 unspecified atom stereocenters. The van der Waals surface area contributed by atoms with Crippen LogP contribution in [-0.4, -0.2) is 58.8 Å². The maximum atomic E-state index is 12.6. The molecule has 1 saturated heterocycles. The molecule has 1 aliphatic heterocycles. The van der Waals surface area contributed by atoms with Gasteiger partial charge in [0.15, 0.2) is 0 Å². The van der Waals surface area contributed by atoms with Gasteiger partial charge in [-0.25, -0.2) is 4.98 Å². The number of carbonyl (C=O) groups is 2. The fourth-order valence-corrected chi connectivity index (χ4v) is 4.48. The van der Waals surface area contributed by atoms with Crippen molar-refractivity contribution in [3.8, 4) is 5.75 Å². The minimum absolute atomic E-state index is 0.0684. The molecule has 3 heterocycles. The van der Waals surface area contributed by atoms with Crippen molar-refractivity contribution in [2.24, 2.45) is 0 Å². The van der Waals surface area contributed by atoms with Gasteiger partial charge < -0.3 is 24.3 Å². The van der Waals surface area contributed by atoms with Gasteiger partial charge in [-0.2, -0.15) is 0 Å². The van der Waals surface area contributed by atoms with E-state index in [-0.39, 0.29) is 18.2 Å². The van der Waals surface area contributed by atoms with Crippen molar-refractivity contribution in [3.05, 3.63) is 95.9 Å². The van der Waals surface area contributed by atoms with E-state index >= 15 is 0 Å². The summed E-state index contributed by atoms with van der Waals surface area (Å²) < 4.78 is 7.82. The van der Waals surface area contributed by atoms with Crippen LogP contribution in [0.3, 0.4) is 0 Å². The Hall–Kier alpha value is -4.33. The number of benzene rings is 2. The zero-order valence-electron chi connectivity index (χ0n) is 21.0. The summed E-state index contributed by atoms with van der Waals surface area (Å²) in [6, 6.07) is 21.2. The lowest BCUT2D eigenvalue weighted by Crippen LogP contribution is -2.49. The highest BCUT2D eigenvalue weighted by molar-refractivity contribution is 5.94. The van der Waals surface area contributed by atoms with Crippen LogP contribution in [0.4, 0.5) is 5.69 Å². The van der Waals surface area contributed by atoms with Crippen molar-refractivity contribution in [2.75, 3.05) is 37.6 Å². The predicted octanol–water partition coefficient (Wildman–Crippen LogP) is 3.69. The second-order valence-corrected chi connectivity index (χ2v) is 9.23. The Morgan fingerprint density at radius 2 is 1.68 bits per heavy atom. The molecule has 1 aliphatic rings. The van der Waals surface area contributed by atoms with Gasteiger partial charge in [-0.15, -0.1) is 0 Å². The summed E-state index contributed by atoms with van der Waals surface area (Å²) in [6.07, 6.45) is 4.27. The Labute approximate surface area is 216 Å². The molecule has 2 amide bonds. The van der Waals surface area contributed by atoms with Crippen LogP contribution >= 0.6 is 0 Å². The molecular weight excluding hydrogens is 466 g/mol. The Morgan fingerprint density at radius 1 is 0.919 bits per heavy atom. The van der Waals surface area contributed by atoms with Crippen LogP contribution in [0.15, 0.2) is 79.1 Å². The van der Waals surface area contributed by atoms with Crippen LogP contribution in [0.1, 0.15) is 28.0 Å². The Balaban J connectivity index is 1.04. The molecule has 190 valence electrons. The number of carbonyl (C=O) groups excluding carboxylic acids is 2. The third-order valence-corrected chi connectivity index (χ3v) is 6.53. The number of ether oxygens (including phenoxy) is 1. The maximum absolute atomic E-state index is 12.6. The van der Waals surface area contributed by atoms with Gasteiger partial charge in [0.2, 0.25) is 5.91 Å². The van der Waals surface area contributed by atoms with Crippen LogP contribution < -0.4 is 15.0 Å². The molecule has 37 heavy (non-hydrogen) atoms. The van der Waals surface area contributed by atoms with E-state index in [1.807, 2.05) is 58.9 Å². The number of piperazine rings is 1. The molecule has 0 radical (unpaired) electrons. The molecule has 2 aromatic heterocycles. The highest BCUT2D eigenvalue weighted by atomic mass is 16.5. The Kier molecular flexibility index (Phi) is 7.35. The molecule has 2 aromatic carbocycles. The zero-order valence-corrected chi connectivity index (χ0v) is 21.0. The van der Waals surface area contributed by atoms with E-state index in [0.717, 1.165) is 30.0 Å². The summed E-state index contributed by atoms with van der Waals surface area (Å²) >= 11 is 0. The van der Waals surface area contributed by atoms with E-state index in [0.29, 0.717) is 37.6 Å². The number of imidazole rings is 1. The smallest absolute Gasteiger partial charge is 0.251 e. The van der Waals surface area contributed by atoms with Crippen LogP contribution in [0.2, 0.25) is 0 Å². The first-order valence-electron chi connectivity index (χ1n) is 12.6. The normalized spacial score (nSPS) is 13.5. The number of rotatable bonds is 8. The van der Waals surface area contributed by atoms with Crippen LogP contribution in [0, 0.1) is 6.92 Å². The number of hydrogen-bond acceptors (Lipinski definition) is 5. The Bertz CT molecular complexity index is 1360. The number of aromatic nitrogens is 2. The van der Waals surface area contributed by atoms with Crippen molar-refractivity contribution in [1.29, 1.82) is 0 Å². The second-order valence-electron chi connectivity index (χ2n) is 9.23. The molecule has 4 aromatic rings. The maximum Gasteiger partial charge on any atom is 0.251 e. The summed E-state index contributed by atoms with van der Waals surface area (Å²) in [7, 11) is 0. The predicted molar refractivity (Wildman–Crippen MR) is 143 cm³/mol. The standard InChI is InChI=1S/C29H31N5O3/c1-22-7-12-27-31-24(20-34(27)19-22)21-37-26-10-8-23(9-11-26)29(36)30-14-13-28(35)33-17-15-32(16-18-33)25-5-3-2-4-6-25/h2-12,19-20H,13-18,21H2,1H3,(H,30,36). The number of pyridine rings is 1. The third-order valence-electron chi connectivity index (χ3n) is 6.53. The quantitative estimate of drug-likeness (QED) is 0.402. The first kappa shape index (κ1) is 24.4. The van der Waals surface area contributed by atoms with Gasteiger partial charge in [-0.1, -0.05) is 24.3 Å². The highest BCUT2D eigenvalue weighted by Crippen LogP contribution is 2.17. The largest absolute Gasteiger partial charge is 0.487 e. The monoisotopic (exact) mass is 497 g/mol. The van der Waals surface area contributed by atoms with Gasteiger partial charge in [0.25, 0.3) is 5.91 Å². The van der Waals surface area contributed by atoms with E-state index in [9.17, 15) is 9.59 Å².